The van der Waals surface area contributed by atoms with Crippen LogP contribution in [0.1, 0.15) is 37.5 Å². The smallest absolute Gasteiger partial charge is 0.324 e. The maximum Gasteiger partial charge on any atom is 0.324 e. The van der Waals surface area contributed by atoms with Gasteiger partial charge in [0, 0.05) is 6.54 Å². The summed E-state index contributed by atoms with van der Waals surface area (Å²) in [6.07, 6.45) is 1.83. The quantitative estimate of drug-likeness (QED) is 0.316. The molecule has 1 aromatic heterocycles. The van der Waals surface area contributed by atoms with E-state index in [9.17, 15) is 9.59 Å². The second kappa shape index (κ2) is 9.55. The van der Waals surface area contributed by atoms with Crippen LogP contribution in [0, 0.1) is 0 Å². The van der Waals surface area contributed by atoms with Gasteiger partial charge < -0.3 is 4.74 Å². The van der Waals surface area contributed by atoms with Crippen LogP contribution >= 0.6 is 11.8 Å². The summed E-state index contributed by atoms with van der Waals surface area (Å²) in [5, 5.41) is 0.552. The van der Waals surface area contributed by atoms with Gasteiger partial charge >= 0.3 is 5.97 Å². The Morgan fingerprint density at radius 3 is 2.54 bits per heavy atom. The highest BCUT2D eigenvalue weighted by Gasteiger charge is 2.26. The fourth-order valence-electron chi connectivity index (χ4n) is 2.95. The molecule has 146 valence electrons. The zero-order valence-corrected chi connectivity index (χ0v) is 16.9. The second-order valence-corrected chi connectivity index (χ2v) is 7.45. The molecule has 2 aromatic carbocycles. The lowest BCUT2D eigenvalue weighted by Crippen LogP contribution is -2.24. The molecule has 0 aliphatic heterocycles. The molecule has 1 atom stereocenters. The zero-order chi connectivity index (χ0) is 19.9. The van der Waals surface area contributed by atoms with E-state index in [1.807, 2.05) is 48.5 Å². The van der Waals surface area contributed by atoms with E-state index in [-0.39, 0.29) is 11.5 Å². The number of rotatable bonds is 8. The van der Waals surface area contributed by atoms with Gasteiger partial charge in [-0.2, -0.15) is 0 Å². The fraction of sp³-hybridized carbons (Fsp3) is 0.318. The molecule has 0 spiro atoms. The third-order valence-electron chi connectivity index (χ3n) is 4.39. The first-order valence-electron chi connectivity index (χ1n) is 9.53. The molecular weight excluding hydrogens is 372 g/mol. The predicted octanol–water partition coefficient (Wildman–Crippen LogP) is 4.59. The van der Waals surface area contributed by atoms with Crippen molar-refractivity contribution in [2.45, 2.75) is 43.6 Å². The van der Waals surface area contributed by atoms with E-state index in [2.05, 4.69) is 6.92 Å². The maximum atomic E-state index is 13.1. The summed E-state index contributed by atoms with van der Waals surface area (Å²) in [6.45, 7) is 4.74. The minimum atomic E-state index is -0.581. The highest BCUT2D eigenvalue weighted by atomic mass is 32.2. The fourth-order valence-corrected chi connectivity index (χ4v) is 4.08. The van der Waals surface area contributed by atoms with Crippen molar-refractivity contribution in [1.29, 1.82) is 0 Å². The number of para-hydroxylation sites is 1. The summed E-state index contributed by atoms with van der Waals surface area (Å²) < 4.78 is 6.98. The Kier molecular flexibility index (Phi) is 6.87. The van der Waals surface area contributed by atoms with E-state index >= 15 is 0 Å². The number of hydrogen-bond donors (Lipinski definition) is 0. The number of carbonyl (C=O) groups is 1. The molecule has 5 nitrogen and oxygen atoms in total. The van der Waals surface area contributed by atoms with Gasteiger partial charge in [-0.15, -0.1) is 0 Å². The molecule has 0 bridgehead atoms. The molecule has 3 rings (SSSR count). The van der Waals surface area contributed by atoms with E-state index in [4.69, 9.17) is 9.72 Å². The lowest BCUT2D eigenvalue weighted by Gasteiger charge is -2.18. The summed E-state index contributed by atoms with van der Waals surface area (Å²) in [5.41, 5.74) is 1.39. The van der Waals surface area contributed by atoms with Crippen LogP contribution in [0.4, 0.5) is 0 Å². The molecule has 0 radical (unpaired) electrons. The number of thioether (sulfide) groups is 1. The second-order valence-electron chi connectivity index (χ2n) is 6.38. The number of aromatic nitrogens is 2. The van der Waals surface area contributed by atoms with Crippen molar-refractivity contribution in [1.82, 2.24) is 9.55 Å². The molecule has 0 saturated carbocycles. The standard InChI is InChI=1S/C22H24N2O3S/c1-3-5-15-24-20(25)17-13-9-10-14-18(17)23-22(24)28-19(21(26)27-4-2)16-11-7-6-8-12-16/h6-14,19H,3-5,15H2,1-2H3/t19-/m1/s1. The first kappa shape index (κ1) is 20.1. The Hall–Kier alpha value is -2.60. The molecule has 0 fully saturated rings. The van der Waals surface area contributed by atoms with Crippen LogP contribution in [-0.4, -0.2) is 22.1 Å². The SMILES string of the molecule is CCCCn1c(S[C@@H](C(=O)OCC)c2ccccc2)nc2ccccc2c1=O. The Morgan fingerprint density at radius 1 is 1.11 bits per heavy atom. The molecule has 1 heterocycles. The number of benzene rings is 2. The highest BCUT2D eigenvalue weighted by Crippen LogP contribution is 2.35. The number of hydrogen-bond acceptors (Lipinski definition) is 5. The van der Waals surface area contributed by atoms with Crippen molar-refractivity contribution in [3.63, 3.8) is 0 Å². The minimum absolute atomic E-state index is 0.0720. The number of ether oxygens (including phenoxy) is 1. The van der Waals surface area contributed by atoms with E-state index in [0.29, 0.717) is 29.2 Å². The number of nitrogens with zero attached hydrogens (tertiary/aromatic N) is 2. The molecule has 6 heteroatoms. The Morgan fingerprint density at radius 2 is 1.82 bits per heavy atom. The van der Waals surface area contributed by atoms with Crippen molar-refractivity contribution in [2.24, 2.45) is 0 Å². The van der Waals surface area contributed by atoms with Crippen LogP contribution in [0.2, 0.25) is 0 Å². The predicted molar refractivity (Wildman–Crippen MR) is 113 cm³/mol. The normalized spacial score (nSPS) is 12.1. The summed E-state index contributed by atoms with van der Waals surface area (Å²) in [5.74, 6) is -0.330. The maximum absolute atomic E-state index is 13.1. The molecule has 3 aromatic rings. The minimum Gasteiger partial charge on any atom is -0.465 e. The number of unbranched alkanes of at least 4 members (excludes halogenated alkanes) is 1. The van der Waals surface area contributed by atoms with E-state index < -0.39 is 5.25 Å². The van der Waals surface area contributed by atoms with Crippen molar-refractivity contribution in [2.75, 3.05) is 6.61 Å². The van der Waals surface area contributed by atoms with Crippen molar-refractivity contribution in [3.05, 3.63) is 70.5 Å². The van der Waals surface area contributed by atoms with Gasteiger partial charge in [-0.05, 0) is 31.0 Å². The molecule has 0 unspecified atom stereocenters. The van der Waals surface area contributed by atoms with Crippen LogP contribution in [0.25, 0.3) is 10.9 Å². The topological polar surface area (TPSA) is 61.2 Å². The van der Waals surface area contributed by atoms with E-state index in [1.165, 1.54) is 11.8 Å². The van der Waals surface area contributed by atoms with Crippen molar-refractivity contribution >= 4 is 28.6 Å². The van der Waals surface area contributed by atoms with Gasteiger partial charge in [0.25, 0.3) is 5.56 Å². The zero-order valence-electron chi connectivity index (χ0n) is 16.1. The first-order valence-corrected chi connectivity index (χ1v) is 10.4. The van der Waals surface area contributed by atoms with Gasteiger partial charge in [0.2, 0.25) is 0 Å². The first-order chi connectivity index (χ1) is 13.7. The third-order valence-corrected chi connectivity index (χ3v) is 5.61. The van der Waals surface area contributed by atoms with E-state index in [1.54, 1.807) is 17.6 Å². The Labute approximate surface area is 168 Å². The average molecular weight is 397 g/mol. The Bertz CT molecular complexity index is 1000. The average Bonchev–Trinajstić information content (AvgIpc) is 2.72. The molecule has 28 heavy (non-hydrogen) atoms. The van der Waals surface area contributed by atoms with Crippen molar-refractivity contribution < 1.29 is 9.53 Å². The molecular formula is C22H24N2O3S. The molecule has 0 saturated heterocycles. The summed E-state index contributed by atoms with van der Waals surface area (Å²) in [4.78, 5) is 30.4. The third kappa shape index (κ3) is 4.44. The lowest BCUT2D eigenvalue weighted by molar-refractivity contribution is -0.142. The van der Waals surface area contributed by atoms with Crippen LogP contribution < -0.4 is 5.56 Å². The van der Waals surface area contributed by atoms with Crippen molar-refractivity contribution in [3.8, 4) is 0 Å². The van der Waals surface area contributed by atoms with E-state index in [0.717, 1.165) is 18.4 Å². The largest absolute Gasteiger partial charge is 0.465 e. The van der Waals surface area contributed by atoms with Gasteiger partial charge in [0.1, 0.15) is 5.25 Å². The monoisotopic (exact) mass is 396 g/mol. The van der Waals surface area contributed by atoms with Gasteiger partial charge in [0.15, 0.2) is 5.16 Å². The van der Waals surface area contributed by atoms with Crippen LogP contribution in [0.3, 0.4) is 0 Å². The number of carbonyl (C=O) groups excluding carboxylic acids is 1. The van der Waals surface area contributed by atoms with Gasteiger partial charge in [-0.1, -0.05) is 67.6 Å². The molecule has 0 aliphatic rings. The summed E-state index contributed by atoms with van der Waals surface area (Å²) >= 11 is 1.27. The molecule has 0 aliphatic carbocycles. The lowest BCUT2D eigenvalue weighted by atomic mass is 10.1. The summed E-state index contributed by atoms with van der Waals surface area (Å²) in [7, 11) is 0. The molecule has 0 amide bonds. The number of esters is 1. The van der Waals surface area contributed by atoms with Crippen LogP contribution in [0.15, 0.2) is 64.5 Å². The van der Waals surface area contributed by atoms with Crippen LogP contribution in [0.5, 0.6) is 0 Å². The highest BCUT2D eigenvalue weighted by molar-refractivity contribution is 8.00. The summed E-state index contributed by atoms with van der Waals surface area (Å²) in [6, 6.07) is 16.8. The van der Waals surface area contributed by atoms with Gasteiger partial charge in [-0.25, -0.2) is 4.98 Å². The Balaban J connectivity index is 2.09. The van der Waals surface area contributed by atoms with Gasteiger partial charge in [0.05, 0.1) is 17.5 Å². The van der Waals surface area contributed by atoms with Crippen LogP contribution in [-0.2, 0) is 16.1 Å². The van der Waals surface area contributed by atoms with Gasteiger partial charge in [-0.3, -0.25) is 14.2 Å². The number of fused-ring (bicyclic) bond motifs is 1. The molecule has 0 N–H and O–H groups in total.